The first-order chi connectivity index (χ1) is 35.7. The molecule has 19 heteroatoms. The molecule has 7 N–H and O–H groups in total. The van der Waals surface area contributed by atoms with Gasteiger partial charge in [-0.1, -0.05) is 53.7 Å². The summed E-state index contributed by atoms with van der Waals surface area (Å²) in [5.74, 6) is -1.45. The maximum Gasteiger partial charge on any atom is 0.321 e. The number of benzene rings is 4. The molecular formula is C55H64F2N12O5. The Hall–Kier alpha value is -7.48. The molecule has 1 amide bonds. The maximum absolute atomic E-state index is 14.2. The SMILES string of the molecule is CCc1cc(O)c(F)cc1-c1ccc2c(-c3nc4c([nH]3)CN(CC)[C@@H](C(=O)N(C)CCN(CC)CC)C4)n[nH]c2c1.CCc1cc(O)c(F)cc1-c1ccc2c(-c3nc4c([nH]3)CN(CC)[C@@H](C(=O)O)C4)n[nH]c2c1. The number of carboxylic acid groups (broad SMARTS) is 1. The van der Waals surface area contributed by atoms with Gasteiger partial charge in [-0.15, -0.1) is 0 Å². The normalized spacial score (nSPS) is 15.9. The molecule has 0 radical (unpaired) electrons. The number of aromatic hydroxyl groups is 2. The van der Waals surface area contributed by atoms with Gasteiger partial charge in [0.1, 0.15) is 17.4 Å². The molecule has 2 atom stereocenters. The smallest absolute Gasteiger partial charge is 0.321 e. The number of phenolic OH excluding ortho intramolecular Hbond substituents is 2. The number of fused-ring (bicyclic) bond motifs is 4. The largest absolute Gasteiger partial charge is 0.505 e. The molecule has 4 aromatic heterocycles. The minimum absolute atomic E-state index is 0.129. The van der Waals surface area contributed by atoms with Crippen LogP contribution >= 0.6 is 0 Å². The monoisotopic (exact) mass is 1010 g/mol. The summed E-state index contributed by atoms with van der Waals surface area (Å²) in [6, 6.07) is 16.4. The first-order valence-electron chi connectivity index (χ1n) is 25.5. The van der Waals surface area contributed by atoms with E-state index in [1.54, 1.807) is 0 Å². The van der Waals surface area contributed by atoms with Crippen LogP contribution < -0.4 is 0 Å². The van der Waals surface area contributed by atoms with Gasteiger partial charge in [-0.2, -0.15) is 10.2 Å². The van der Waals surface area contributed by atoms with Crippen molar-refractivity contribution in [1.29, 1.82) is 0 Å². The van der Waals surface area contributed by atoms with Crippen molar-refractivity contribution in [1.82, 2.24) is 59.9 Å². The summed E-state index contributed by atoms with van der Waals surface area (Å²) in [4.78, 5) is 49.8. The van der Waals surface area contributed by atoms with Crippen LogP contribution in [0.3, 0.4) is 0 Å². The average molecular weight is 1010 g/mol. The van der Waals surface area contributed by atoms with Crippen LogP contribution in [0.15, 0.2) is 60.7 Å². The molecule has 2 aliphatic heterocycles. The van der Waals surface area contributed by atoms with E-state index in [-0.39, 0.29) is 23.4 Å². The predicted molar refractivity (Wildman–Crippen MR) is 280 cm³/mol. The molecule has 0 unspecified atom stereocenters. The van der Waals surface area contributed by atoms with Crippen molar-refractivity contribution < 1.29 is 33.7 Å². The van der Waals surface area contributed by atoms with Crippen LogP contribution in [-0.4, -0.2) is 146 Å². The molecule has 0 bridgehead atoms. The Morgan fingerprint density at radius 3 is 1.55 bits per heavy atom. The van der Waals surface area contributed by atoms with Crippen LogP contribution in [0.1, 0.15) is 75.4 Å². The Balaban J connectivity index is 0.000000186. The third kappa shape index (κ3) is 9.98. The first-order valence-corrected chi connectivity index (χ1v) is 25.5. The van der Waals surface area contributed by atoms with Crippen LogP contribution in [0.5, 0.6) is 11.5 Å². The Morgan fingerprint density at radius 1 is 0.662 bits per heavy atom. The molecule has 4 aromatic carbocycles. The molecule has 0 aliphatic carbocycles. The van der Waals surface area contributed by atoms with E-state index >= 15 is 0 Å². The number of aryl methyl sites for hydroxylation is 2. The topological polar surface area (TPSA) is 223 Å². The fourth-order valence-corrected chi connectivity index (χ4v) is 10.4. The highest BCUT2D eigenvalue weighted by atomic mass is 19.1. The molecule has 74 heavy (non-hydrogen) atoms. The molecule has 0 saturated carbocycles. The van der Waals surface area contributed by atoms with Crippen LogP contribution in [0.4, 0.5) is 8.78 Å². The summed E-state index contributed by atoms with van der Waals surface area (Å²) >= 11 is 0. The number of amides is 1. The number of aromatic amines is 4. The summed E-state index contributed by atoms with van der Waals surface area (Å²) in [6.07, 6.45) is 2.21. The Bertz CT molecular complexity index is 3360. The second-order valence-corrected chi connectivity index (χ2v) is 19.0. The van der Waals surface area contributed by atoms with Crippen molar-refractivity contribution in [3.63, 3.8) is 0 Å². The van der Waals surface area contributed by atoms with Gasteiger partial charge in [0, 0.05) is 56.8 Å². The number of carbonyl (C=O) groups excluding carboxylic acids is 1. The second kappa shape index (κ2) is 21.5. The predicted octanol–water partition coefficient (Wildman–Crippen LogP) is 8.43. The highest BCUT2D eigenvalue weighted by molar-refractivity contribution is 5.95. The number of aliphatic carboxylic acids is 1. The highest BCUT2D eigenvalue weighted by Crippen LogP contribution is 2.37. The molecule has 10 rings (SSSR count). The van der Waals surface area contributed by atoms with Gasteiger partial charge in [-0.25, -0.2) is 18.7 Å². The number of nitrogens with one attached hydrogen (secondary N) is 4. The number of hydrogen-bond acceptors (Lipinski definition) is 11. The maximum atomic E-state index is 14.2. The third-order valence-electron chi connectivity index (χ3n) is 14.8. The van der Waals surface area contributed by atoms with E-state index in [4.69, 9.17) is 4.98 Å². The van der Waals surface area contributed by atoms with E-state index in [0.29, 0.717) is 74.9 Å². The number of imidazole rings is 2. The second-order valence-electron chi connectivity index (χ2n) is 19.0. The Labute approximate surface area is 427 Å². The standard InChI is InChI=1S/C31H40FN7O2.C24H24FN5O3/c1-6-19-15-28(40)23(32)16-22(19)20-10-11-21-24(14-20)35-36-29(21)30-33-25-17-27(39(9-4)18-26(25)34-30)31(41)37(5)12-13-38(7-2)8-3;1-3-12-8-21(31)16(25)9-15(12)13-5-6-14-17(7-13)28-29-22(14)23-26-18-10-20(24(32)33)30(4-2)11-19(18)27-23/h10-11,14-16,27,40H,6-9,12-13,17-18H2,1-5H3,(H,33,34)(H,35,36);5-9,20,31H,3-4,10-11H2,1-2H3,(H,26,27)(H,28,29)(H,32,33)/t27-;20-/m11/s1. The van der Waals surface area contributed by atoms with Gasteiger partial charge in [0.2, 0.25) is 5.91 Å². The summed E-state index contributed by atoms with van der Waals surface area (Å²) in [5, 5.41) is 46.0. The zero-order valence-electron chi connectivity index (χ0n) is 42.9. The molecule has 0 spiro atoms. The molecule has 17 nitrogen and oxygen atoms in total. The zero-order chi connectivity index (χ0) is 52.5. The van der Waals surface area contributed by atoms with E-state index < -0.39 is 23.6 Å². The van der Waals surface area contributed by atoms with Crippen molar-refractivity contribution in [3.05, 3.63) is 106 Å². The van der Waals surface area contributed by atoms with Crippen molar-refractivity contribution in [2.75, 3.05) is 46.3 Å². The Kier molecular flexibility index (Phi) is 15.0. The van der Waals surface area contributed by atoms with E-state index in [0.717, 1.165) is 104 Å². The summed E-state index contributed by atoms with van der Waals surface area (Å²) in [5.41, 5.74) is 11.3. The van der Waals surface area contributed by atoms with Crippen LogP contribution in [0, 0.1) is 11.6 Å². The summed E-state index contributed by atoms with van der Waals surface area (Å²) in [7, 11) is 1.89. The number of aromatic nitrogens is 8. The molecule has 0 saturated heterocycles. The lowest BCUT2D eigenvalue weighted by molar-refractivity contribution is -0.144. The van der Waals surface area contributed by atoms with Crippen molar-refractivity contribution in [3.8, 4) is 56.8 Å². The lowest BCUT2D eigenvalue weighted by Crippen LogP contribution is -2.51. The summed E-state index contributed by atoms with van der Waals surface area (Å²) in [6.45, 7) is 18.3. The van der Waals surface area contributed by atoms with E-state index in [9.17, 15) is 33.7 Å². The quantitative estimate of drug-likeness (QED) is 0.0514. The number of carbonyl (C=O) groups is 2. The average Bonchev–Trinajstić information content (AvgIpc) is 4.23. The van der Waals surface area contributed by atoms with E-state index in [1.807, 2.05) is 74.0 Å². The van der Waals surface area contributed by atoms with Crippen LogP contribution in [-0.2, 0) is 48.4 Å². The van der Waals surface area contributed by atoms with Crippen molar-refractivity contribution >= 4 is 33.7 Å². The van der Waals surface area contributed by atoms with E-state index in [2.05, 4.69) is 65.9 Å². The van der Waals surface area contributed by atoms with Gasteiger partial charge in [-0.3, -0.25) is 29.6 Å². The third-order valence-corrected chi connectivity index (χ3v) is 14.8. The lowest BCUT2D eigenvalue weighted by Gasteiger charge is -2.35. The van der Waals surface area contributed by atoms with E-state index in [1.165, 1.54) is 24.3 Å². The molecule has 8 aromatic rings. The number of likely N-dealkylation sites (N-methyl/N-ethyl adjacent to an activating group) is 4. The van der Waals surface area contributed by atoms with Crippen LogP contribution in [0.2, 0.25) is 0 Å². The number of halogens is 2. The number of phenols is 2. The zero-order valence-corrected chi connectivity index (χ0v) is 42.9. The fraction of sp³-hybridized carbons (Fsp3) is 0.382. The fourth-order valence-electron chi connectivity index (χ4n) is 10.4. The van der Waals surface area contributed by atoms with Gasteiger partial charge in [0.05, 0.1) is 39.9 Å². The molecule has 388 valence electrons. The van der Waals surface area contributed by atoms with Crippen molar-refractivity contribution in [2.45, 2.75) is 92.4 Å². The minimum Gasteiger partial charge on any atom is -0.505 e. The van der Waals surface area contributed by atoms with Crippen molar-refractivity contribution in [2.24, 2.45) is 0 Å². The number of carboxylic acids is 1. The number of nitrogens with zero attached hydrogens (tertiary/aromatic N) is 8. The molecule has 2 aliphatic rings. The molecule has 0 fully saturated rings. The van der Waals surface area contributed by atoms with Gasteiger partial charge in [0.25, 0.3) is 0 Å². The van der Waals surface area contributed by atoms with Gasteiger partial charge in [-0.05, 0) is 121 Å². The summed E-state index contributed by atoms with van der Waals surface area (Å²) < 4.78 is 28.2. The van der Waals surface area contributed by atoms with Gasteiger partial charge in [0.15, 0.2) is 34.8 Å². The lowest BCUT2D eigenvalue weighted by atomic mass is 9.96. The molecular weight excluding hydrogens is 947 g/mol. The number of hydrogen-bond donors (Lipinski definition) is 7. The minimum atomic E-state index is -0.845. The van der Waals surface area contributed by atoms with Gasteiger partial charge < -0.3 is 35.1 Å². The number of rotatable bonds is 15. The Morgan fingerprint density at radius 2 is 1.12 bits per heavy atom. The highest BCUT2D eigenvalue weighted by Gasteiger charge is 2.36. The number of H-pyrrole nitrogens is 4. The van der Waals surface area contributed by atoms with Gasteiger partial charge >= 0.3 is 5.97 Å². The first kappa shape index (κ1) is 51.4. The van der Waals surface area contributed by atoms with Crippen LogP contribution in [0.25, 0.3) is 67.1 Å². The molecule has 6 heterocycles.